The summed E-state index contributed by atoms with van der Waals surface area (Å²) in [4.78, 5) is 20.9. The minimum atomic E-state index is -0.0594. The molecule has 1 aliphatic carbocycles. The zero-order valence-electron chi connectivity index (χ0n) is 23.3. The molecule has 1 saturated carbocycles. The second-order valence-electron chi connectivity index (χ2n) is 11.6. The highest BCUT2D eigenvalue weighted by Gasteiger charge is 2.21. The van der Waals surface area contributed by atoms with Gasteiger partial charge in [-0.15, -0.1) is 0 Å². The van der Waals surface area contributed by atoms with Crippen molar-refractivity contribution in [2.45, 2.75) is 71.4 Å². The van der Waals surface area contributed by atoms with Crippen LogP contribution >= 0.6 is 0 Å². The molecule has 2 aliphatic rings. The molecule has 0 unspecified atom stereocenters. The lowest BCUT2D eigenvalue weighted by Crippen LogP contribution is -2.32. The standard InChI is InChI=1S/C31H43N5O2/c1-22(2)36-30-28(20-33-36)27(31(37)32-19-24-12-15-38-16-13-24)18-29(34-30)26-11-5-9-25(17-26)21-35(3)14-6-10-23-7-4-8-23/h5,9,11,17-18,20,22-24H,4,6-8,10,12-16,19,21H2,1-3H3,(H,32,37). The third-order valence-electron chi connectivity index (χ3n) is 8.24. The van der Waals surface area contributed by atoms with Crippen molar-refractivity contribution in [3.63, 3.8) is 0 Å². The van der Waals surface area contributed by atoms with Gasteiger partial charge in [-0.1, -0.05) is 37.5 Å². The largest absolute Gasteiger partial charge is 0.381 e. The van der Waals surface area contributed by atoms with Crippen LogP contribution in [-0.4, -0.2) is 58.9 Å². The molecule has 0 bridgehead atoms. The first-order chi connectivity index (χ1) is 18.5. The van der Waals surface area contributed by atoms with Crippen LogP contribution in [0.3, 0.4) is 0 Å². The van der Waals surface area contributed by atoms with Crippen molar-refractivity contribution in [1.82, 2.24) is 25.0 Å². The maximum absolute atomic E-state index is 13.4. The van der Waals surface area contributed by atoms with Gasteiger partial charge in [0.25, 0.3) is 5.91 Å². The number of pyridine rings is 1. The number of ether oxygens (including phenoxy) is 1. The number of benzene rings is 1. The van der Waals surface area contributed by atoms with Gasteiger partial charge in [0.15, 0.2) is 5.65 Å². The average Bonchev–Trinajstić information content (AvgIpc) is 3.33. The number of amides is 1. The van der Waals surface area contributed by atoms with Crippen molar-refractivity contribution < 1.29 is 9.53 Å². The van der Waals surface area contributed by atoms with E-state index >= 15 is 0 Å². The fourth-order valence-corrected chi connectivity index (χ4v) is 5.67. The summed E-state index contributed by atoms with van der Waals surface area (Å²) < 4.78 is 7.38. The molecule has 1 N–H and O–H groups in total. The summed E-state index contributed by atoms with van der Waals surface area (Å²) in [6.07, 6.45) is 10.7. The molecule has 2 aromatic heterocycles. The first-order valence-electron chi connectivity index (χ1n) is 14.5. The number of nitrogens with zero attached hydrogens (tertiary/aromatic N) is 4. The molecule has 5 rings (SSSR count). The van der Waals surface area contributed by atoms with Crippen LogP contribution in [-0.2, 0) is 11.3 Å². The van der Waals surface area contributed by atoms with Gasteiger partial charge in [0.2, 0.25) is 0 Å². The Labute approximate surface area is 227 Å². The van der Waals surface area contributed by atoms with Gasteiger partial charge in [-0.2, -0.15) is 5.10 Å². The maximum atomic E-state index is 13.4. The monoisotopic (exact) mass is 517 g/mol. The smallest absolute Gasteiger partial charge is 0.252 e. The molecule has 0 radical (unpaired) electrons. The summed E-state index contributed by atoms with van der Waals surface area (Å²) in [5, 5.41) is 8.57. The quantitative estimate of drug-likeness (QED) is 0.346. The Kier molecular flexibility index (Phi) is 8.75. The maximum Gasteiger partial charge on any atom is 0.252 e. The molecule has 7 heteroatoms. The van der Waals surface area contributed by atoms with Gasteiger partial charge in [-0.05, 0) is 82.7 Å². The number of aromatic nitrogens is 3. The number of nitrogens with one attached hydrogen (secondary N) is 1. The molecule has 3 heterocycles. The van der Waals surface area contributed by atoms with Crippen LogP contribution in [0.5, 0.6) is 0 Å². The van der Waals surface area contributed by atoms with Crippen LogP contribution in [0.1, 0.15) is 80.8 Å². The third kappa shape index (κ3) is 6.44. The summed E-state index contributed by atoms with van der Waals surface area (Å²) in [5.74, 6) is 1.37. The molecule has 2 fully saturated rings. The number of carbonyl (C=O) groups excluding carboxylic acids is 1. The van der Waals surface area contributed by atoms with Crippen LogP contribution in [0, 0.1) is 11.8 Å². The van der Waals surface area contributed by atoms with E-state index < -0.39 is 0 Å². The summed E-state index contributed by atoms with van der Waals surface area (Å²) in [7, 11) is 2.21. The van der Waals surface area contributed by atoms with Crippen molar-refractivity contribution in [2.75, 3.05) is 33.4 Å². The normalized spacial score (nSPS) is 16.9. The number of rotatable bonds is 11. The van der Waals surface area contributed by atoms with Crippen LogP contribution < -0.4 is 5.32 Å². The zero-order chi connectivity index (χ0) is 26.5. The minimum Gasteiger partial charge on any atom is -0.381 e. The molecule has 1 aromatic carbocycles. The SMILES string of the molecule is CC(C)n1ncc2c(C(=O)NCC3CCOCC3)cc(-c3cccc(CN(C)CCCC4CCC4)c3)nc21. The molecule has 7 nitrogen and oxygen atoms in total. The van der Waals surface area contributed by atoms with Gasteiger partial charge >= 0.3 is 0 Å². The van der Waals surface area contributed by atoms with Gasteiger partial charge < -0.3 is 15.0 Å². The Morgan fingerprint density at radius 1 is 1.16 bits per heavy atom. The van der Waals surface area contributed by atoms with Gasteiger partial charge in [0.05, 0.1) is 22.8 Å². The topological polar surface area (TPSA) is 72.3 Å². The summed E-state index contributed by atoms with van der Waals surface area (Å²) in [6.45, 7) is 8.43. The van der Waals surface area contributed by atoms with Crippen molar-refractivity contribution in [3.8, 4) is 11.3 Å². The van der Waals surface area contributed by atoms with Crippen LogP contribution in [0.25, 0.3) is 22.3 Å². The molecule has 1 aliphatic heterocycles. The summed E-state index contributed by atoms with van der Waals surface area (Å²) in [5.41, 5.74) is 4.50. The van der Waals surface area contributed by atoms with E-state index in [1.54, 1.807) is 6.20 Å². The zero-order valence-corrected chi connectivity index (χ0v) is 23.3. The van der Waals surface area contributed by atoms with E-state index in [9.17, 15) is 4.79 Å². The second-order valence-corrected chi connectivity index (χ2v) is 11.6. The van der Waals surface area contributed by atoms with Crippen molar-refractivity contribution >= 4 is 16.9 Å². The lowest BCUT2D eigenvalue weighted by Gasteiger charge is -2.26. The minimum absolute atomic E-state index is 0.0594. The van der Waals surface area contributed by atoms with E-state index in [0.717, 1.165) is 67.4 Å². The molecular formula is C31H43N5O2. The lowest BCUT2D eigenvalue weighted by atomic mass is 9.82. The number of fused-ring (bicyclic) bond motifs is 1. The van der Waals surface area contributed by atoms with Crippen LogP contribution in [0.4, 0.5) is 0 Å². The van der Waals surface area contributed by atoms with E-state index in [1.807, 2.05) is 10.7 Å². The molecule has 1 amide bonds. The number of hydrogen-bond donors (Lipinski definition) is 1. The predicted molar refractivity (Wildman–Crippen MR) is 152 cm³/mol. The van der Waals surface area contributed by atoms with E-state index in [0.29, 0.717) is 18.0 Å². The van der Waals surface area contributed by atoms with E-state index in [-0.39, 0.29) is 11.9 Å². The Bertz CT molecular complexity index is 1230. The first-order valence-corrected chi connectivity index (χ1v) is 14.5. The van der Waals surface area contributed by atoms with Crippen molar-refractivity contribution in [2.24, 2.45) is 11.8 Å². The van der Waals surface area contributed by atoms with E-state index in [2.05, 4.69) is 60.5 Å². The molecule has 1 saturated heterocycles. The Morgan fingerprint density at radius 3 is 2.71 bits per heavy atom. The highest BCUT2D eigenvalue weighted by Crippen LogP contribution is 2.31. The van der Waals surface area contributed by atoms with Gasteiger partial charge in [-0.3, -0.25) is 4.79 Å². The molecule has 0 atom stereocenters. The number of hydrogen-bond acceptors (Lipinski definition) is 5. The fourth-order valence-electron chi connectivity index (χ4n) is 5.67. The number of carbonyl (C=O) groups is 1. The van der Waals surface area contributed by atoms with E-state index in [4.69, 9.17) is 9.72 Å². The summed E-state index contributed by atoms with van der Waals surface area (Å²) >= 11 is 0. The Hall–Kier alpha value is -2.77. The third-order valence-corrected chi connectivity index (χ3v) is 8.24. The highest BCUT2D eigenvalue weighted by atomic mass is 16.5. The fraction of sp³-hybridized carbons (Fsp3) is 0.581. The second kappa shape index (κ2) is 12.4. The summed E-state index contributed by atoms with van der Waals surface area (Å²) in [6, 6.07) is 10.7. The molecule has 38 heavy (non-hydrogen) atoms. The van der Waals surface area contributed by atoms with Gasteiger partial charge in [0, 0.05) is 37.9 Å². The van der Waals surface area contributed by atoms with Crippen molar-refractivity contribution in [1.29, 1.82) is 0 Å². The van der Waals surface area contributed by atoms with Gasteiger partial charge in [0.1, 0.15) is 0 Å². The first kappa shape index (κ1) is 26.8. The molecular weight excluding hydrogens is 474 g/mol. The van der Waals surface area contributed by atoms with Crippen LogP contribution in [0.2, 0.25) is 0 Å². The molecule has 204 valence electrons. The molecule has 3 aromatic rings. The highest BCUT2D eigenvalue weighted by molar-refractivity contribution is 6.06. The lowest BCUT2D eigenvalue weighted by molar-refractivity contribution is 0.0643. The molecule has 0 spiro atoms. The Morgan fingerprint density at radius 2 is 1.97 bits per heavy atom. The predicted octanol–water partition coefficient (Wildman–Crippen LogP) is 5.85. The van der Waals surface area contributed by atoms with Crippen LogP contribution in [0.15, 0.2) is 36.5 Å². The average molecular weight is 518 g/mol. The Balaban J connectivity index is 1.35. The van der Waals surface area contributed by atoms with Gasteiger partial charge in [-0.25, -0.2) is 9.67 Å². The van der Waals surface area contributed by atoms with Crippen molar-refractivity contribution in [3.05, 3.63) is 47.7 Å². The van der Waals surface area contributed by atoms with E-state index in [1.165, 1.54) is 37.7 Å².